The summed E-state index contributed by atoms with van der Waals surface area (Å²) in [5.74, 6) is 0.941. The highest BCUT2D eigenvalue weighted by Gasteiger charge is 2.54. The molecule has 0 amide bonds. The Labute approximate surface area is 119 Å². The van der Waals surface area contributed by atoms with E-state index in [1.807, 2.05) is 20.8 Å². The van der Waals surface area contributed by atoms with Gasteiger partial charge in [-0.05, 0) is 34.6 Å². The first-order chi connectivity index (χ1) is 8.39. The number of sulfonamides is 1. The van der Waals surface area contributed by atoms with Gasteiger partial charge in [-0.2, -0.15) is 0 Å². The molecule has 0 radical (unpaired) electrons. The van der Waals surface area contributed by atoms with E-state index in [-0.39, 0.29) is 0 Å². The lowest BCUT2D eigenvalue weighted by Gasteiger charge is -2.51. The van der Waals surface area contributed by atoms with Crippen LogP contribution in [0.3, 0.4) is 0 Å². The van der Waals surface area contributed by atoms with Crippen LogP contribution in [0.25, 0.3) is 0 Å². The third-order valence-corrected chi connectivity index (χ3v) is 9.34. The molecule has 112 valence electrons. The number of hydrogen-bond donors (Lipinski definition) is 0. The second kappa shape index (κ2) is 4.81. The van der Waals surface area contributed by atoms with Crippen molar-refractivity contribution >= 4 is 18.1 Å². The number of nitrogens with zero attached hydrogens (tertiary/aromatic N) is 2. The van der Waals surface area contributed by atoms with Gasteiger partial charge in [0.05, 0.1) is 12.6 Å². The summed E-state index contributed by atoms with van der Waals surface area (Å²) in [6.45, 7) is 18.0. The third kappa shape index (κ3) is 2.70. The van der Waals surface area contributed by atoms with Crippen LogP contribution in [0, 0.1) is 0 Å². The molecule has 0 spiro atoms. The molecule has 0 aromatic carbocycles. The smallest absolute Gasteiger partial charge is 0.261 e. The Kier molecular flexibility index (Phi) is 4.19. The fourth-order valence-electron chi connectivity index (χ4n) is 2.57. The average Bonchev–Trinajstić information content (AvgIpc) is 2.12. The molecule has 0 aliphatic carbocycles. The largest absolute Gasteiger partial charge is 0.357 e. The normalized spacial score (nSPS) is 19.5. The topological polar surface area (TPSA) is 40.6 Å². The van der Waals surface area contributed by atoms with E-state index in [1.165, 1.54) is 0 Å². The van der Waals surface area contributed by atoms with Crippen LogP contribution in [0.2, 0.25) is 19.6 Å². The Balaban J connectivity index is 3.52. The van der Waals surface area contributed by atoms with Crippen molar-refractivity contribution in [3.8, 4) is 0 Å². The Hall–Kier alpha value is -0.493. The highest BCUT2D eigenvalue weighted by Crippen LogP contribution is 2.45. The van der Waals surface area contributed by atoms with Crippen LogP contribution >= 0.6 is 0 Å². The Bertz CT molecular complexity index is 480. The van der Waals surface area contributed by atoms with Crippen LogP contribution in [0.1, 0.15) is 34.6 Å². The van der Waals surface area contributed by atoms with Crippen molar-refractivity contribution in [2.75, 3.05) is 13.1 Å². The van der Waals surface area contributed by atoms with Gasteiger partial charge in [-0.3, -0.25) is 0 Å². The lowest BCUT2D eigenvalue weighted by molar-refractivity contribution is 0.199. The standard InChI is InChI=1S/C13H28N2O2SSi/c1-9-14(10-2)11-12(19(6,7)8)18(16,17)15(11)13(3,4)5/h9-10H2,1-8H3. The van der Waals surface area contributed by atoms with E-state index in [0.29, 0.717) is 4.53 Å². The summed E-state index contributed by atoms with van der Waals surface area (Å²) >= 11 is 0. The van der Waals surface area contributed by atoms with Crippen molar-refractivity contribution in [3.63, 3.8) is 0 Å². The Morgan fingerprint density at radius 3 is 1.79 bits per heavy atom. The van der Waals surface area contributed by atoms with Crippen LogP contribution in [-0.2, 0) is 10.0 Å². The van der Waals surface area contributed by atoms with E-state index in [2.05, 4.69) is 38.4 Å². The van der Waals surface area contributed by atoms with Crippen molar-refractivity contribution in [1.82, 2.24) is 9.21 Å². The van der Waals surface area contributed by atoms with E-state index in [9.17, 15) is 8.42 Å². The maximum atomic E-state index is 12.7. The molecular weight excluding hydrogens is 276 g/mol. The van der Waals surface area contributed by atoms with E-state index < -0.39 is 23.6 Å². The van der Waals surface area contributed by atoms with Crippen molar-refractivity contribution in [2.24, 2.45) is 0 Å². The molecule has 0 aromatic heterocycles. The zero-order valence-electron chi connectivity index (χ0n) is 13.5. The summed E-state index contributed by atoms with van der Waals surface area (Å²) in [7, 11) is -5.14. The minimum atomic E-state index is -3.26. The molecule has 0 N–H and O–H groups in total. The van der Waals surface area contributed by atoms with Crippen LogP contribution in [-0.4, -0.2) is 44.3 Å². The number of hydrogen-bond acceptors (Lipinski definition) is 3. The lowest BCUT2D eigenvalue weighted by Crippen LogP contribution is -2.60. The summed E-state index contributed by atoms with van der Waals surface area (Å²) in [5.41, 5.74) is -0.403. The molecule has 0 atom stereocenters. The molecule has 0 saturated heterocycles. The summed E-state index contributed by atoms with van der Waals surface area (Å²) in [6.07, 6.45) is 0. The summed E-state index contributed by atoms with van der Waals surface area (Å²) in [4.78, 5) is 2.17. The molecule has 0 bridgehead atoms. The van der Waals surface area contributed by atoms with Gasteiger partial charge in [0.25, 0.3) is 10.0 Å². The Morgan fingerprint density at radius 2 is 1.53 bits per heavy atom. The predicted octanol–water partition coefficient (Wildman–Crippen LogP) is 2.82. The molecule has 1 aliphatic heterocycles. The van der Waals surface area contributed by atoms with Gasteiger partial charge in [0.2, 0.25) is 0 Å². The third-order valence-electron chi connectivity index (χ3n) is 3.25. The molecule has 1 heterocycles. The van der Waals surface area contributed by atoms with Gasteiger partial charge in [-0.1, -0.05) is 19.6 Å². The predicted molar refractivity (Wildman–Crippen MR) is 83.8 cm³/mol. The summed E-state index contributed by atoms with van der Waals surface area (Å²) in [6, 6.07) is 0. The molecule has 0 saturated carbocycles. The fraction of sp³-hybridized carbons (Fsp3) is 0.846. The highest BCUT2D eigenvalue weighted by molar-refractivity contribution is 7.97. The molecular formula is C13H28N2O2SSi. The van der Waals surface area contributed by atoms with Crippen LogP contribution in [0.4, 0.5) is 0 Å². The van der Waals surface area contributed by atoms with E-state index in [0.717, 1.165) is 18.9 Å². The molecule has 19 heavy (non-hydrogen) atoms. The lowest BCUT2D eigenvalue weighted by atomic mass is 10.1. The summed E-state index contributed by atoms with van der Waals surface area (Å²) < 4.78 is 27.6. The number of rotatable bonds is 4. The molecule has 6 heteroatoms. The molecule has 4 nitrogen and oxygen atoms in total. The van der Waals surface area contributed by atoms with Gasteiger partial charge < -0.3 is 4.90 Å². The van der Waals surface area contributed by atoms with Gasteiger partial charge >= 0.3 is 0 Å². The van der Waals surface area contributed by atoms with Crippen LogP contribution < -0.4 is 0 Å². The fourth-order valence-corrected chi connectivity index (χ4v) is 8.62. The van der Waals surface area contributed by atoms with Crippen LogP contribution in [0.5, 0.6) is 0 Å². The second-order valence-corrected chi connectivity index (χ2v) is 14.1. The zero-order chi connectivity index (χ0) is 15.2. The van der Waals surface area contributed by atoms with E-state index in [1.54, 1.807) is 4.31 Å². The van der Waals surface area contributed by atoms with Crippen molar-refractivity contribution in [1.29, 1.82) is 0 Å². The van der Waals surface area contributed by atoms with E-state index in [4.69, 9.17) is 0 Å². The maximum absolute atomic E-state index is 12.7. The molecule has 1 rings (SSSR count). The average molecular weight is 305 g/mol. The van der Waals surface area contributed by atoms with Crippen molar-refractivity contribution < 1.29 is 8.42 Å². The maximum Gasteiger partial charge on any atom is 0.261 e. The molecule has 1 aliphatic rings. The van der Waals surface area contributed by atoms with Gasteiger partial charge in [-0.25, -0.2) is 12.7 Å². The SMILES string of the molecule is CCN(CC)C1=C([Si](C)(C)C)S(=O)(=O)N1C(C)(C)C. The minimum absolute atomic E-state index is 0.403. The second-order valence-electron chi connectivity index (χ2n) is 7.02. The van der Waals surface area contributed by atoms with E-state index >= 15 is 0 Å². The van der Waals surface area contributed by atoms with Gasteiger partial charge in [-0.15, -0.1) is 0 Å². The van der Waals surface area contributed by atoms with Gasteiger partial charge in [0, 0.05) is 18.6 Å². The quantitative estimate of drug-likeness (QED) is 0.750. The molecule has 0 fully saturated rings. The van der Waals surface area contributed by atoms with Gasteiger partial charge in [0.15, 0.2) is 0 Å². The minimum Gasteiger partial charge on any atom is -0.357 e. The Morgan fingerprint density at radius 1 is 1.11 bits per heavy atom. The van der Waals surface area contributed by atoms with Crippen molar-refractivity contribution in [2.45, 2.75) is 59.8 Å². The van der Waals surface area contributed by atoms with Crippen LogP contribution in [0.15, 0.2) is 10.3 Å². The highest BCUT2D eigenvalue weighted by atomic mass is 32.2. The summed E-state index contributed by atoms with van der Waals surface area (Å²) in [5, 5.41) is 0. The zero-order valence-corrected chi connectivity index (χ0v) is 15.3. The first-order valence-corrected chi connectivity index (χ1v) is 11.9. The monoisotopic (exact) mass is 304 g/mol. The van der Waals surface area contributed by atoms with Gasteiger partial charge in [0.1, 0.15) is 5.82 Å². The first-order valence-electron chi connectivity index (χ1n) is 6.94. The van der Waals surface area contributed by atoms with Crippen molar-refractivity contribution in [3.05, 3.63) is 10.3 Å². The molecule has 0 aromatic rings. The molecule has 0 unspecified atom stereocenters. The first kappa shape index (κ1) is 16.6.